The summed E-state index contributed by atoms with van der Waals surface area (Å²) < 4.78 is 0. The molecule has 1 aliphatic carbocycles. The van der Waals surface area contributed by atoms with Gasteiger partial charge in [0.1, 0.15) is 11.0 Å². The molecule has 0 aromatic carbocycles. The van der Waals surface area contributed by atoms with E-state index in [1.807, 2.05) is 18.3 Å². The normalized spacial score (nSPS) is 18.1. The molecule has 0 spiro atoms. The zero-order valence-electron chi connectivity index (χ0n) is 11.8. The molecule has 1 unspecified atom stereocenters. The number of hydrogen-bond donors (Lipinski definition) is 0. The second-order valence-electron chi connectivity index (χ2n) is 5.62. The van der Waals surface area contributed by atoms with Gasteiger partial charge in [-0.25, -0.2) is 9.97 Å². The Morgan fingerprint density at radius 2 is 2.15 bits per heavy atom. The summed E-state index contributed by atoms with van der Waals surface area (Å²) in [5.74, 6) is 1.34. The van der Waals surface area contributed by atoms with E-state index in [0.717, 1.165) is 30.1 Å². The van der Waals surface area contributed by atoms with Gasteiger partial charge in [0.05, 0.1) is 11.4 Å². The Labute approximate surface area is 124 Å². The minimum Gasteiger partial charge on any atom is -0.260 e. The second kappa shape index (κ2) is 5.49. The first-order valence-corrected chi connectivity index (χ1v) is 7.51. The molecule has 4 heteroatoms. The predicted molar refractivity (Wildman–Crippen MR) is 80.1 cm³/mol. The Balaban J connectivity index is 2.06. The number of aromatic nitrogens is 3. The summed E-state index contributed by atoms with van der Waals surface area (Å²) in [5, 5.41) is 0.529. The molecule has 0 aliphatic heterocycles. The van der Waals surface area contributed by atoms with Crippen LogP contribution in [0.3, 0.4) is 0 Å². The summed E-state index contributed by atoms with van der Waals surface area (Å²) in [7, 11) is 0. The number of hydrogen-bond acceptors (Lipinski definition) is 3. The summed E-state index contributed by atoms with van der Waals surface area (Å²) >= 11 is 6.17. The zero-order valence-corrected chi connectivity index (χ0v) is 12.6. The van der Waals surface area contributed by atoms with E-state index in [1.165, 1.54) is 12.0 Å². The van der Waals surface area contributed by atoms with Crippen LogP contribution < -0.4 is 0 Å². The van der Waals surface area contributed by atoms with Crippen molar-refractivity contribution in [3.63, 3.8) is 0 Å². The number of pyridine rings is 1. The van der Waals surface area contributed by atoms with Gasteiger partial charge in [0.15, 0.2) is 0 Å². The molecule has 3 nitrogen and oxygen atoms in total. The predicted octanol–water partition coefficient (Wildman–Crippen LogP) is 4.12. The molecule has 1 aliphatic rings. The fraction of sp³-hybridized carbons (Fsp3) is 0.438. The zero-order chi connectivity index (χ0) is 14.1. The third kappa shape index (κ3) is 2.55. The van der Waals surface area contributed by atoms with Crippen molar-refractivity contribution >= 4 is 11.6 Å². The Kier molecular flexibility index (Phi) is 3.70. The van der Waals surface area contributed by atoms with Crippen LogP contribution in [0.1, 0.15) is 61.3 Å². The van der Waals surface area contributed by atoms with Crippen molar-refractivity contribution in [2.45, 2.75) is 44.9 Å². The second-order valence-corrected chi connectivity index (χ2v) is 6.01. The molecule has 0 bridgehead atoms. The minimum atomic E-state index is 0.248. The molecular formula is C16H18ClN3. The Bertz CT molecular complexity index is 625. The maximum absolute atomic E-state index is 6.17. The van der Waals surface area contributed by atoms with E-state index in [9.17, 15) is 0 Å². The van der Waals surface area contributed by atoms with Crippen LogP contribution in [0.15, 0.2) is 24.4 Å². The van der Waals surface area contributed by atoms with Gasteiger partial charge in [0, 0.05) is 18.0 Å². The molecule has 104 valence electrons. The highest BCUT2D eigenvalue weighted by atomic mass is 35.5. The van der Waals surface area contributed by atoms with Crippen LogP contribution in [0.25, 0.3) is 0 Å². The van der Waals surface area contributed by atoms with Crippen molar-refractivity contribution in [2.24, 2.45) is 0 Å². The van der Waals surface area contributed by atoms with Crippen molar-refractivity contribution in [3.8, 4) is 0 Å². The van der Waals surface area contributed by atoms with Crippen molar-refractivity contribution in [1.29, 1.82) is 0 Å². The van der Waals surface area contributed by atoms with Gasteiger partial charge in [-0.2, -0.15) is 0 Å². The van der Waals surface area contributed by atoms with Crippen molar-refractivity contribution in [2.75, 3.05) is 0 Å². The number of rotatable bonds is 2. The van der Waals surface area contributed by atoms with Crippen LogP contribution >= 0.6 is 11.6 Å². The molecule has 0 amide bonds. The average molecular weight is 288 g/mol. The fourth-order valence-corrected chi connectivity index (χ4v) is 2.99. The van der Waals surface area contributed by atoms with Crippen LogP contribution in [0, 0.1) is 0 Å². The third-order valence-electron chi connectivity index (χ3n) is 3.80. The maximum Gasteiger partial charge on any atom is 0.133 e. The van der Waals surface area contributed by atoms with Gasteiger partial charge in [0.2, 0.25) is 0 Å². The molecular weight excluding hydrogens is 270 g/mol. The van der Waals surface area contributed by atoms with E-state index in [4.69, 9.17) is 16.6 Å². The SMILES string of the molecule is CC(C)c1nc(Cl)cc(C2CCCc3cccnc32)n1. The molecule has 20 heavy (non-hydrogen) atoms. The molecule has 2 aromatic rings. The summed E-state index contributed by atoms with van der Waals surface area (Å²) in [6.45, 7) is 4.17. The number of fused-ring (bicyclic) bond motifs is 1. The van der Waals surface area contributed by atoms with Crippen molar-refractivity contribution < 1.29 is 0 Å². The molecule has 3 rings (SSSR count). The van der Waals surface area contributed by atoms with Crippen molar-refractivity contribution in [1.82, 2.24) is 15.0 Å². The first kappa shape index (κ1) is 13.5. The van der Waals surface area contributed by atoms with E-state index in [-0.39, 0.29) is 11.8 Å². The fourth-order valence-electron chi connectivity index (χ4n) is 2.79. The molecule has 2 aromatic heterocycles. The minimum absolute atomic E-state index is 0.248. The largest absolute Gasteiger partial charge is 0.260 e. The Hall–Kier alpha value is -1.48. The van der Waals surface area contributed by atoms with E-state index >= 15 is 0 Å². The third-order valence-corrected chi connectivity index (χ3v) is 3.99. The van der Waals surface area contributed by atoms with E-state index in [1.54, 1.807) is 0 Å². The molecule has 0 saturated heterocycles. The summed E-state index contributed by atoms with van der Waals surface area (Å²) in [6, 6.07) is 6.07. The van der Waals surface area contributed by atoms with Crippen LogP contribution in [0.4, 0.5) is 0 Å². The molecule has 2 heterocycles. The lowest BCUT2D eigenvalue weighted by molar-refractivity contribution is 0.581. The van der Waals surface area contributed by atoms with E-state index < -0.39 is 0 Å². The Morgan fingerprint density at radius 1 is 1.30 bits per heavy atom. The average Bonchev–Trinajstić information content (AvgIpc) is 2.46. The maximum atomic E-state index is 6.17. The first-order chi connectivity index (χ1) is 9.65. The van der Waals surface area contributed by atoms with Crippen LogP contribution in [-0.2, 0) is 6.42 Å². The first-order valence-electron chi connectivity index (χ1n) is 7.13. The molecule has 0 fully saturated rings. The van der Waals surface area contributed by atoms with E-state index in [0.29, 0.717) is 5.15 Å². The molecule has 0 saturated carbocycles. The monoisotopic (exact) mass is 287 g/mol. The summed E-state index contributed by atoms with van der Waals surface area (Å²) in [5.41, 5.74) is 3.50. The summed E-state index contributed by atoms with van der Waals surface area (Å²) in [6.07, 6.45) is 5.22. The van der Waals surface area contributed by atoms with E-state index in [2.05, 4.69) is 29.9 Å². The highest BCUT2D eigenvalue weighted by molar-refractivity contribution is 6.29. The Morgan fingerprint density at radius 3 is 2.95 bits per heavy atom. The lowest BCUT2D eigenvalue weighted by Gasteiger charge is -2.24. The van der Waals surface area contributed by atoms with Gasteiger partial charge >= 0.3 is 0 Å². The molecule has 0 N–H and O–H groups in total. The van der Waals surface area contributed by atoms with Gasteiger partial charge in [-0.05, 0) is 37.0 Å². The van der Waals surface area contributed by atoms with Crippen LogP contribution in [0.2, 0.25) is 5.15 Å². The molecule has 1 atom stereocenters. The van der Waals surface area contributed by atoms with Crippen molar-refractivity contribution in [3.05, 3.63) is 52.3 Å². The quantitative estimate of drug-likeness (QED) is 0.780. The van der Waals surface area contributed by atoms with Crippen LogP contribution in [0.5, 0.6) is 0 Å². The highest BCUT2D eigenvalue weighted by Crippen LogP contribution is 2.35. The van der Waals surface area contributed by atoms with Gasteiger partial charge in [0.25, 0.3) is 0 Å². The number of aryl methyl sites for hydroxylation is 1. The smallest absolute Gasteiger partial charge is 0.133 e. The standard InChI is InChI=1S/C16H18ClN3/c1-10(2)16-19-13(9-14(17)20-16)12-7-3-5-11-6-4-8-18-15(11)12/h4,6,8-10,12H,3,5,7H2,1-2H3. The van der Waals surface area contributed by atoms with Gasteiger partial charge in [-0.15, -0.1) is 0 Å². The number of halogens is 1. The lowest BCUT2D eigenvalue weighted by atomic mass is 9.84. The van der Waals surface area contributed by atoms with Gasteiger partial charge in [-0.3, -0.25) is 4.98 Å². The lowest BCUT2D eigenvalue weighted by Crippen LogP contribution is -2.15. The number of nitrogens with zero attached hydrogens (tertiary/aromatic N) is 3. The van der Waals surface area contributed by atoms with Gasteiger partial charge < -0.3 is 0 Å². The summed E-state index contributed by atoms with van der Waals surface area (Å²) in [4.78, 5) is 13.6. The topological polar surface area (TPSA) is 38.7 Å². The van der Waals surface area contributed by atoms with Crippen LogP contribution in [-0.4, -0.2) is 15.0 Å². The van der Waals surface area contributed by atoms with Gasteiger partial charge in [-0.1, -0.05) is 31.5 Å². The highest BCUT2D eigenvalue weighted by Gasteiger charge is 2.25. The molecule has 0 radical (unpaired) electrons.